The highest BCUT2D eigenvalue weighted by Gasteiger charge is 2.21. The maximum atomic E-state index is 12.8. The molecule has 2 aromatic carbocycles. The van der Waals surface area contributed by atoms with Gasteiger partial charge in [0.05, 0.1) is 6.04 Å². The summed E-state index contributed by atoms with van der Waals surface area (Å²) in [6.07, 6.45) is 5.15. The molecule has 0 fully saturated rings. The van der Waals surface area contributed by atoms with Crippen LogP contribution in [0, 0.1) is 5.92 Å². The average molecular weight is 366 g/mol. The third kappa shape index (κ3) is 5.35. The molecule has 3 nitrogen and oxygen atoms in total. The molecule has 0 aromatic heterocycles. The molecule has 0 radical (unpaired) electrons. The van der Waals surface area contributed by atoms with Gasteiger partial charge in [0.15, 0.2) is 6.10 Å². The van der Waals surface area contributed by atoms with Gasteiger partial charge in [-0.3, -0.25) is 4.79 Å². The van der Waals surface area contributed by atoms with E-state index in [1.54, 1.807) is 0 Å². The number of carbonyl (C=O) groups excluding carboxylic acids is 1. The highest BCUT2D eigenvalue weighted by molar-refractivity contribution is 5.81. The Labute approximate surface area is 163 Å². The first-order valence-corrected chi connectivity index (χ1v) is 10.2. The van der Waals surface area contributed by atoms with Crippen LogP contribution in [0.4, 0.5) is 0 Å². The molecule has 1 aliphatic rings. The van der Waals surface area contributed by atoms with Crippen molar-refractivity contribution in [3.63, 3.8) is 0 Å². The van der Waals surface area contributed by atoms with Crippen LogP contribution in [0.5, 0.6) is 5.75 Å². The standard InChI is InChI=1S/C24H31NO2/c1-17(2)15-23(20-10-5-4-6-11-20)25-24(26)18(3)27-22-14-13-19-9-7-8-12-21(19)16-22/h4-6,10-11,13-14,16-18,23H,7-9,12,15H2,1-3H3,(H,25,26)/t18-,23+/m0/s1. The molecule has 1 amide bonds. The summed E-state index contributed by atoms with van der Waals surface area (Å²) in [5, 5.41) is 3.18. The summed E-state index contributed by atoms with van der Waals surface area (Å²) >= 11 is 0. The zero-order valence-electron chi connectivity index (χ0n) is 16.7. The number of nitrogens with one attached hydrogen (secondary N) is 1. The summed E-state index contributed by atoms with van der Waals surface area (Å²) in [5.41, 5.74) is 3.93. The normalized spacial score (nSPS) is 15.7. The number of benzene rings is 2. The molecule has 144 valence electrons. The van der Waals surface area contributed by atoms with Gasteiger partial charge in [-0.2, -0.15) is 0 Å². The van der Waals surface area contributed by atoms with E-state index in [0.29, 0.717) is 5.92 Å². The molecular formula is C24H31NO2. The molecule has 0 saturated carbocycles. The van der Waals surface area contributed by atoms with Crippen molar-refractivity contribution in [2.75, 3.05) is 0 Å². The van der Waals surface area contributed by atoms with Crippen molar-refractivity contribution >= 4 is 5.91 Å². The second-order valence-corrected chi connectivity index (χ2v) is 8.00. The maximum absolute atomic E-state index is 12.8. The molecule has 0 saturated heterocycles. The highest BCUT2D eigenvalue weighted by atomic mass is 16.5. The first-order chi connectivity index (χ1) is 13.0. The lowest BCUT2D eigenvalue weighted by molar-refractivity contribution is -0.128. The van der Waals surface area contributed by atoms with E-state index in [9.17, 15) is 4.79 Å². The first kappa shape index (κ1) is 19.5. The summed E-state index contributed by atoms with van der Waals surface area (Å²) in [6.45, 7) is 6.18. The largest absolute Gasteiger partial charge is 0.481 e. The topological polar surface area (TPSA) is 38.3 Å². The van der Waals surface area contributed by atoms with E-state index in [-0.39, 0.29) is 11.9 Å². The van der Waals surface area contributed by atoms with E-state index in [2.05, 4.69) is 43.4 Å². The first-order valence-electron chi connectivity index (χ1n) is 10.2. The summed E-state index contributed by atoms with van der Waals surface area (Å²) < 4.78 is 5.97. The molecule has 27 heavy (non-hydrogen) atoms. The van der Waals surface area contributed by atoms with Crippen molar-refractivity contribution in [2.24, 2.45) is 5.92 Å². The van der Waals surface area contributed by atoms with Crippen LogP contribution in [0.3, 0.4) is 0 Å². The van der Waals surface area contributed by atoms with Gasteiger partial charge in [-0.05, 0) is 73.8 Å². The number of hydrogen-bond donors (Lipinski definition) is 1. The second kappa shape index (κ2) is 9.07. The summed E-state index contributed by atoms with van der Waals surface area (Å²) in [4.78, 5) is 12.8. The number of rotatable bonds is 7. The van der Waals surface area contributed by atoms with Crippen LogP contribution >= 0.6 is 0 Å². The number of amides is 1. The number of fused-ring (bicyclic) bond motifs is 1. The lowest BCUT2D eigenvalue weighted by atomic mass is 9.92. The van der Waals surface area contributed by atoms with Gasteiger partial charge >= 0.3 is 0 Å². The van der Waals surface area contributed by atoms with Gasteiger partial charge in [0.25, 0.3) is 5.91 Å². The van der Waals surface area contributed by atoms with E-state index in [4.69, 9.17) is 4.74 Å². The van der Waals surface area contributed by atoms with Crippen molar-refractivity contribution in [1.82, 2.24) is 5.32 Å². The number of carbonyl (C=O) groups is 1. The Morgan fingerprint density at radius 3 is 2.41 bits per heavy atom. The fraction of sp³-hybridized carbons (Fsp3) is 0.458. The maximum Gasteiger partial charge on any atom is 0.261 e. The monoisotopic (exact) mass is 365 g/mol. The third-order valence-corrected chi connectivity index (χ3v) is 5.23. The van der Waals surface area contributed by atoms with E-state index in [0.717, 1.165) is 30.6 Å². The molecule has 1 N–H and O–H groups in total. The molecule has 0 aliphatic heterocycles. The molecule has 0 heterocycles. The van der Waals surface area contributed by atoms with Crippen LogP contribution in [0.2, 0.25) is 0 Å². The van der Waals surface area contributed by atoms with E-state index >= 15 is 0 Å². The smallest absolute Gasteiger partial charge is 0.261 e. The van der Waals surface area contributed by atoms with Gasteiger partial charge in [-0.1, -0.05) is 50.2 Å². The number of aryl methyl sites for hydroxylation is 2. The minimum Gasteiger partial charge on any atom is -0.481 e. The Balaban J connectivity index is 1.65. The van der Waals surface area contributed by atoms with E-state index in [1.165, 1.54) is 24.0 Å². The zero-order valence-corrected chi connectivity index (χ0v) is 16.7. The quantitative estimate of drug-likeness (QED) is 0.729. The van der Waals surface area contributed by atoms with Crippen LogP contribution in [0.1, 0.15) is 62.8 Å². The van der Waals surface area contributed by atoms with Crippen molar-refractivity contribution < 1.29 is 9.53 Å². The molecule has 0 spiro atoms. The molecule has 3 rings (SSSR count). The minimum absolute atomic E-state index is 0.00767. The SMILES string of the molecule is CC(C)C[C@@H](NC(=O)[C@H](C)Oc1ccc2c(c1)CCCC2)c1ccccc1. The molecule has 1 aliphatic carbocycles. The number of hydrogen-bond acceptors (Lipinski definition) is 2. The van der Waals surface area contributed by atoms with Crippen LogP contribution in [0.25, 0.3) is 0 Å². The predicted octanol–water partition coefficient (Wildman–Crippen LogP) is 5.24. The van der Waals surface area contributed by atoms with Gasteiger partial charge in [-0.25, -0.2) is 0 Å². The molecule has 2 atom stereocenters. The molecule has 2 aromatic rings. The molecule has 0 bridgehead atoms. The summed E-state index contributed by atoms with van der Waals surface area (Å²) in [5.74, 6) is 1.22. The lowest BCUT2D eigenvalue weighted by Gasteiger charge is -2.24. The molecule has 3 heteroatoms. The molecular weight excluding hydrogens is 334 g/mol. The van der Waals surface area contributed by atoms with Crippen LogP contribution < -0.4 is 10.1 Å². The minimum atomic E-state index is -0.523. The fourth-order valence-electron chi connectivity index (χ4n) is 3.76. The van der Waals surface area contributed by atoms with Crippen LogP contribution in [0.15, 0.2) is 48.5 Å². The Hall–Kier alpha value is -2.29. The number of ether oxygens (including phenoxy) is 1. The average Bonchev–Trinajstić information content (AvgIpc) is 2.67. The highest BCUT2D eigenvalue weighted by Crippen LogP contribution is 2.26. The van der Waals surface area contributed by atoms with E-state index in [1.807, 2.05) is 31.2 Å². The van der Waals surface area contributed by atoms with Crippen molar-refractivity contribution in [1.29, 1.82) is 0 Å². The second-order valence-electron chi connectivity index (χ2n) is 8.00. The van der Waals surface area contributed by atoms with Gasteiger partial charge < -0.3 is 10.1 Å². The fourth-order valence-corrected chi connectivity index (χ4v) is 3.76. The molecule has 0 unspecified atom stereocenters. The summed E-state index contributed by atoms with van der Waals surface area (Å²) in [6, 6.07) is 16.4. The zero-order chi connectivity index (χ0) is 19.2. The van der Waals surface area contributed by atoms with E-state index < -0.39 is 6.10 Å². The van der Waals surface area contributed by atoms with Crippen molar-refractivity contribution in [3.05, 3.63) is 65.2 Å². The van der Waals surface area contributed by atoms with Gasteiger partial charge in [0.1, 0.15) is 5.75 Å². The Kier molecular flexibility index (Phi) is 6.54. The van der Waals surface area contributed by atoms with Crippen LogP contribution in [-0.4, -0.2) is 12.0 Å². The van der Waals surface area contributed by atoms with Gasteiger partial charge in [0, 0.05) is 0 Å². The lowest BCUT2D eigenvalue weighted by Crippen LogP contribution is -2.39. The Morgan fingerprint density at radius 1 is 1.00 bits per heavy atom. The third-order valence-electron chi connectivity index (χ3n) is 5.23. The predicted molar refractivity (Wildman–Crippen MR) is 110 cm³/mol. The Morgan fingerprint density at radius 2 is 1.70 bits per heavy atom. The van der Waals surface area contributed by atoms with Gasteiger partial charge in [0.2, 0.25) is 0 Å². The van der Waals surface area contributed by atoms with Crippen molar-refractivity contribution in [3.8, 4) is 5.75 Å². The van der Waals surface area contributed by atoms with Crippen molar-refractivity contribution in [2.45, 2.75) is 65.0 Å². The summed E-state index contributed by atoms with van der Waals surface area (Å²) in [7, 11) is 0. The van der Waals surface area contributed by atoms with Crippen LogP contribution in [-0.2, 0) is 17.6 Å². The Bertz CT molecular complexity index is 754. The van der Waals surface area contributed by atoms with Gasteiger partial charge in [-0.15, -0.1) is 0 Å².